The van der Waals surface area contributed by atoms with Gasteiger partial charge in [0.25, 0.3) is 0 Å². The van der Waals surface area contributed by atoms with Crippen molar-refractivity contribution in [3.05, 3.63) is 48.8 Å². The number of aliphatic hydroxyl groups excluding tert-OH is 1. The first kappa shape index (κ1) is 19.1. The van der Waals surface area contributed by atoms with E-state index in [0.29, 0.717) is 23.9 Å². The summed E-state index contributed by atoms with van der Waals surface area (Å²) in [4.78, 5) is 10.9. The Balaban J connectivity index is 1.18. The molecule has 156 valence electrons. The first-order valence-corrected chi connectivity index (χ1v) is 10.4. The molecule has 5 rings (SSSR count). The van der Waals surface area contributed by atoms with Gasteiger partial charge in [-0.15, -0.1) is 0 Å². The van der Waals surface area contributed by atoms with Crippen LogP contribution in [0.5, 0.6) is 17.2 Å². The van der Waals surface area contributed by atoms with E-state index in [1.807, 2.05) is 24.3 Å². The van der Waals surface area contributed by atoms with Gasteiger partial charge in [-0.3, -0.25) is 9.88 Å². The zero-order chi connectivity index (χ0) is 20.6. The summed E-state index contributed by atoms with van der Waals surface area (Å²) in [5.74, 6) is 2.58. The largest absolute Gasteiger partial charge is 0.493 e. The highest BCUT2D eigenvalue weighted by Gasteiger charge is 2.54. The second-order valence-corrected chi connectivity index (χ2v) is 8.32. The number of likely N-dealkylation sites (tertiary alicyclic amines) is 1. The third kappa shape index (κ3) is 3.91. The zero-order valence-corrected chi connectivity index (χ0v) is 16.8. The number of pyridine rings is 2. The van der Waals surface area contributed by atoms with Gasteiger partial charge in [-0.25, -0.2) is 4.98 Å². The molecule has 1 unspecified atom stereocenters. The van der Waals surface area contributed by atoms with E-state index in [-0.39, 0.29) is 11.5 Å². The van der Waals surface area contributed by atoms with Crippen molar-refractivity contribution >= 4 is 16.7 Å². The molecular weight excluding hydrogens is 380 g/mol. The maximum Gasteiger partial charge on any atom is 0.145 e. The molecule has 2 aromatic heterocycles. The molecule has 2 fully saturated rings. The van der Waals surface area contributed by atoms with Gasteiger partial charge in [0.1, 0.15) is 23.1 Å². The summed E-state index contributed by atoms with van der Waals surface area (Å²) in [7, 11) is 0. The topological polar surface area (TPSA) is 93.7 Å². The van der Waals surface area contributed by atoms with E-state index in [1.165, 1.54) is 12.8 Å². The van der Waals surface area contributed by atoms with Crippen LogP contribution in [0.1, 0.15) is 19.3 Å². The fourth-order valence-electron chi connectivity index (χ4n) is 4.21. The predicted molar refractivity (Wildman–Crippen MR) is 115 cm³/mol. The van der Waals surface area contributed by atoms with E-state index in [0.717, 1.165) is 42.7 Å². The smallest absolute Gasteiger partial charge is 0.145 e. The fraction of sp³-hybridized carbons (Fsp3) is 0.391. The van der Waals surface area contributed by atoms with Crippen LogP contribution in [0, 0.1) is 5.41 Å². The van der Waals surface area contributed by atoms with Crippen molar-refractivity contribution in [2.45, 2.75) is 25.4 Å². The lowest BCUT2D eigenvalue weighted by molar-refractivity contribution is 0.131. The Hall–Kier alpha value is -2.90. The van der Waals surface area contributed by atoms with Crippen LogP contribution < -0.4 is 15.2 Å². The zero-order valence-electron chi connectivity index (χ0n) is 16.8. The maximum absolute atomic E-state index is 10.2. The molecule has 1 spiro atoms. The standard InChI is InChI=1S/C23H26N4O3/c24-22-5-3-17(13-26-22)30-20-6-9-25-19-12-16(2-4-18(19)20)29-11-1-10-27-14-21(28)23(15-27)7-8-23/h2-6,9,12-13,21,28H,1,7-8,10-11,14-15H2,(H2,24,26). The van der Waals surface area contributed by atoms with Crippen LogP contribution in [0.15, 0.2) is 48.8 Å². The average Bonchev–Trinajstić information content (AvgIpc) is 3.46. The molecule has 0 amide bonds. The molecule has 1 atom stereocenters. The molecule has 30 heavy (non-hydrogen) atoms. The second-order valence-electron chi connectivity index (χ2n) is 8.32. The summed E-state index contributed by atoms with van der Waals surface area (Å²) >= 11 is 0. The lowest BCUT2D eigenvalue weighted by Gasteiger charge is -2.15. The fourth-order valence-corrected chi connectivity index (χ4v) is 4.21. The third-order valence-electron chi connectivity index (χ3n) is 6.12. The molecule has 1 aliphatic heterocycles. The van der Waals surface area contributed by atoms with Crippen LogP contribution in [0.3, 0.4) is 0 Å². The van der Waals surface area contributed by atoms with E-state index >= 15 is 0 Å². The van der Waals surface area contributed by atoms with Gasteiger partial charge >= 0.3 is 0 Å². The van der Waals surface area contributed by atoms with Crippen molar-refractivity contribution in [2.75, 3.05) is 32.0 Å². The lowest BCUT2D eigenvalue weighted by atomic mass is 10.0. The maximum atomic E-state index is 10.2. The van der Waals surface area contributed by atoms with Crippen molar-refractivity contribution < 1.29 is 14.6 Å². The van der Waals surface area contributed by atoms with Gasteiger partial charge in [0.05, 0.1) is 24.4 Å². The quantitative estimate of drug-likeness (QED) is 0.582. The number of rotatable bonds is 7. The minimum atomic E-state index is -0.148. The lowest BCUT2D eigenvalue weighted by Crippen LogP contribution is -2.24. The van der Waals surface area contributed by atoms with Crippen molar-refractivity contribution in [3.8, 4) is 17.2 Å². The summed E-state index contributed by atoms with van der Waals surface area (Å²) in [5, 5.41) is 11.1. The average molecular weight is 406 g/mol. The van der Waals surface area contributed by atoms with Gasteiger partial charge < -0.3 is 20.3 Å². The van der Waals surface area contributed by atoms with E-state index in [1.54, 1.807) is 24.5 Å². The number of ether oxygens (including phenoxy) is 2. The van der Waals surface area contributed by atoms with Crippen LogP contribution >= 0.6 is 0 Å². The number of anilines is 1. The Morgan fingerprint density at radius 3 is 2.77 bits per heavy atom. The molecule has 0 bridgehead atoms. The summed E-state index contributed by atoms with van der Waals surface area (Å²) in [6, 6.07) is 11.2. The van der Waals surface area contributed by atoms with Crippen LogP contribution in [0.4, 0.5) is 5.82 Å². The van der Waals surface area contributed by atoms with Gasteiger partial charge in [-0.2, -0.15) is 0 Å². The number of nitrogens with zero attached hydrogens (tertiary/aromatic N) is 3. The van der Waals surface area contributed by atoms with E-state index < -0.39 is 0 Å². The number of aliphatic hydroxyl groups is 1. The SMILES string of the molecule is Nc1ccc(Oc2ccnc3cc(OCCCN4CC(O)C5(CC5)C4)ccc23)cn1. The van der Waals surface area contributed by atoms with Gasteiger partial charge in [-0.05, 0) is 49.6 Å². The molecule has 1 saturated heterocycles. The number of hydrogen-bond donors (Lipinski definition) is 2. The first-order valence-electron chi connectivity index (χ1n) is 10.4. The van der Waals surface area contributed by atoms with Gasteiger partial charge in [0, 0.05) is 42.7 Å². The van der Waals surface area contributed by atoms with E-state index in [9.17, 15) is 5.11 Å². The number of benzene rings is 1. The highest BCUT2D eigenvalue weighted by molar-refractivity contribution is 5.86. The van der Waals surface area contributed by atoms with Crippen molar-refractivity contribution in [3.63, 3.8) is 0 Å². The van der Waals surface area contributed by atoms with Gasteiger partial charge in [0.15, 0.2) is 0 Å². The Bertz CT molecular complexity index is 1040. The molecule has 0 radical (unpaired) electrons. The summed E-state index contributed by atoms with van der Waals surface area (Å²) in [5.41, 5.74) is 6.66. The second kappa shape index (κ2) is 7.74. The third-order valence-corrected chi connectivity index (χ3v) is 6.12. The number of nitrogens with two attached hydrogens (primary N) is 1. The number of aromatic nitrogens is 2. The van der Waals surface area contributed by atoms with Crippen LogP contribution in [-0.2, 0) is 0 Å². The molecule has 3 N–H and O–H groups in total. The number of nitrogen functional groups attached to an aromatic ring is 1. The van der Waals surface area contributed by atoms with E-state index in [4.69, 9.17) is 15.2 Å². The Morgan fingerprint density at radius 1 is 1.13 bits per heavy atom. The van der Waals surface area contributed by atoms with Crippen LogP contribution in [0.2, 0.25) is 0 Å². The molecule has 2 aliphatic rings. The Labute approximate surface area is 175 Å². The monoisotopic (exact) mass is 406 g/mol. The molecule has 3 heterocycles. The van der Waals surface area contributed by atoms with E-state index in [2.05, 4.69) is 14.9 Å². The number of hydrogen-bond acceptors (Lipinski definition) is 7. The van der Waals surface area contributed by atoms with Crippen molar-refractivity contribution in [1.82, 2.24) is 14.9 Å². The molecule has 1 aromatic carbocycles. The molecule has 7 heteroatoms. The highest BCUT2D eigenvalue weighted by atomic mass is 16.5. The van der Waals surface area contributed by atoms with Crippen LogP contribution in [-0.4, -0.2) is 52.3 Å². The van der Waals surface area contributed by atoms with Crippen LogP contribution in [0.25, 0.3) is 10.9 Å². The summed E-state index contributed by atoms with van der Waals surface area (Å²) in [6.07, 6.45) is 6.45. The predicted octanol–water partition coefficient (Wildman–Crippen LogP) is 3.23. The molecular formula is C23H26N4O3. The molecule has 1 saturated carbocycles. The normalized spacial score (nSPS) is 20.0. The summed E-state index contributed by atoms with van der Waals surface area (Å²) < 4.78 is 11.9. The molecule has 7 nitrogen and oxygen atoms in total. The highest BCUT2D eigenvalue weighted by Crippen LogP contribution is 2.52. The van der Waals surface area contributed by atoms with Crippen molar-refractivity contribution in [2.24, 2.45) is 5.41 Å². The Kier molecular flexibility index (Phi) is 4.92. The van der Waals surface area contributed by atoms with Gasteiger partial charge in [0.2, 0.25) is 0 Å². The minimum Gasteiger partial charge on any atom is -0.493 e. The first-order chi connectivity index (χ1) is 14.6. The van der Waals surface area contributed by atoms with Gasteiger partial charge in [-0.1, -0.05) is 0 Å². The Morgan fingerprint density at radius 2 is 2.00 bits per heavy atom. The van der Waals surface area contributed by atoms with Crippen molar-refractivity contribution in [1.29, 1.82) is 0 Å². The summed E-state index contributed by atoms with van der Waals surface area (Å²) in [6.45, 7) is 3.42. The minimum absolute atomic E-state index is 0.148. The molecule has 1 aliphatic carbocycles. The number of β-amino-alcohol motifs (C(OH)–C–C–N with tert-alkyl or cyclic N) is 1. The molecule has 3 aromatic rings. The number of fused-ring (bicyclic) bond motifs is 1.